The lowest BCUT2D eigenvalue weighted by molar-refractivity contribution is 0.0409. The van der Waals surface area contributed by atoms with Crippen molar-refractivity contribution in [3.63, 3.8) is 0 Å². The quantitative estimate of drug-likeness (QED) is 0.910. The molecule has 1 saturated heterocycles. The minimum atomic E-state index is -0.0312. The van der Waals surface area contributed by atoms with Gasteiger partial charge < -0.3 is 10.2 Å². The molecular formula is C15H25N5O. The fraction of sp³-hybridized carbons (Fsp3) is 0.667. The van der Waals surface area contributed by atoms with Gasteiger partial charge in [-0.1, -0.05) is 6.92 Å². The second-order valence-corrected chi connectivity index (χ2v) is 5.79. The Balaban J connectivity index is 2.02. The molecule has 0 bridgehead atoms. The van der Waals surface area contributed by atoms with Crippen molar-refractivity contribution in [2.24, 2.45) is 0 Å². The third kappa shape index (κ3) is 3.69. The summed E-state index contributed by atoms with van der Waals surface area (Å²) in [5.74, 6) is 0.685. The first-order valence-electron chi connectivity index (χ1n) is 7.60. The van der Waals surface area contributed by atoms with Crippen molar-refractivity contribution < 1.29 is 4.79 Å². The Morgan fingerprint density at radius 3 is 2.48 bits per heavy atom. The van der Waals surface area contributed by atoms with Gasteiger partial charge in [0.15, 0.2) is 0 Å². The zero-order valence-electron chi connectivity index (χ0n) is 13.3. The first kappa shape index (κ1) is 15.7. The fourth-order valence-electron chi connectivity index (χ4n) is 2.52. The molecule has 1 N–H and O–H groups in total. The van der Waals surface area contributed by atoms with Gasteiger partial charge in [0, 0.05) is 31.7 Å². The lowest BCUT2D eigenvalue weighted by Crippen LogP contribution is -2.56. The monoisotopic (exact) mass is 291 g/mol. The summed E-state index contributed by atoms with van der Waals surface area (Å²) < 4.78 is 0. The molecule has 2 rings (SSSR count). The molecule has 1 aliphatic rings. The highest BCUT2D eigenvalue weighted by molar-refractivity contribution is 5.92. The molecular weight excluding hydrogens is 266 g/mol. The van der Waals surface area contributed by atoms with Crippen LogP contribution in [-0.2, 0) is 0 Å². The highest BCUT2D eigenvalue weighted by Gasteiger charge is 2.30. The van der Waals surface area contributed by atoms with Crippen LogP contribution in [-0.4, -0.2) is 64.4 Å². The van der Waals surface area contributed by atoms with E-state index in [9.17, 15) is 4.79 Å². The molecule has 2 atom stereocenters. The summed E-state index contributed by atoms with van der Waals surface area (Å²) in [6.07, 6.45) is 4.22. The maximum Gasteiger partial charge on any atom is 0.274 e. The van der Waals surface area contributed by atoms with Crippen LogP contribution in [0.5, 0.6) is 0 Å². The van der Waals surface area contributed by atoms with Gasteiger partial charge in [0.1, 0.15) is 11.5 Å². The summed E-state index contributed by atoms with van der Waals surface area (Å²) in [5.41, 5.74) is 0.418. The molecule has 2 unspecified atom stereocenters. The van der Waals surface area contributed by atoms with E-state index in [0.29, 0.717) is 23.6 Å². The van der Waals surface area contributed by atoms with Crippen LogP contribution in [0.15, 0.2) is 12.4 Å². The van der Waals surface area contributed by atoms with Crippen molar-refractivity contribution in [3.05, 3.63) is 18.1 Å². The number of nitrogens with one attached hydrogen (secondary N) is 1. The van der Waals surface area contributed by atoms with E-state index in [4.69, 9.17) is 0 Å². The van der Waals surface area contributed by atoms with Crippen LogP contribution < -0.4 is 5.32 Å². The molecule has 2 heterocycles. The average molecular weight is 291 g/mol. The molecule has 1 aromatic rings. The Morgan fingerprint density at radius 1 is 1.29 bits per heavy atom. The first-order valence-corrected chi connectivity index (χ1v) is 7.60. The molecule has 6 nitrogen and oxygen atoms in total. The molecule has 21 heavy (non-hydrogen) atoms. The summed E-state index contributed by atoms with van der Waals surface area (Å²) in [6, 6.07) is 0.715. The maximum atomic E-state index is 12.5. The minimum absolute atomic E-state index is 0.0312. The highest BCUT2D eigenvalue weighted by Crippen LogP contribution is 2.15. The zero-order valence-corrected chi connectivity index (χ0v) is 13.3. The predicted molar refractivity (Wildman–Crippen MR) is 83.4 cm³/mol. The molecule has 1 amide bonds. The molecule has 0 saturated carbocycles. The predicted octanol–water partition coefficient (Wildman–Crippen LogP) is 1.46. The van der Waals surface area contributed by atoms with Gasteiger partial charge in [0.05, 0.1) is 12.4 Å². The summed E-state index contributed by atoms with van der Waals surface area (Å²) in [7, 11) is 2.10. The van der Waals surface area contributed by atoms with Crippen molar-refractivity contribution in [3.8, 4) is 0 Å². The van der Waals surface area contributed by atoms with Crippen molar-refractivity contribution in [2.75, 3.05) is 32.0 Å². The Labute approximate surface area is 126 Å². The standard InChI is InChI=1S/C15H25N5O/c1-5-6-16-14-8-17-13(7-18-14)15(21)20-9-11(2)19(4)12(3)10-20/h7-8,11-12H,5-6,9-10H2,1-4H3,(H,16,18). The molecule has 0 radical (unpaired) electrons. The number of hydrogen-bond acceptors (Lipinski definition) is 5. The Morgan fingerprint density at radius 2 is 1.95 bits per heavy atom. The van der Waals surface area contributed by atoms with E-state index >= 15 is 0 Å². The molecule has 0 aliphatic carbocycles. The van der Waals surface area contributed by atoms with Crippen LogP contribution >= 0.6 is 0 Å². The molecule has 0 spiro atoms. The SMILES string of the molecule is CCCNc1cnc(C(=O)N2CC(C)N(C)C(C)C2)cn1. The second kappa shape index (κ2) is 6.85. The third-order valence-electron chi connectivity index (χ3n) is 4.07. The van der Waals surface area contributed by atoms with E-state index in [0.717, 1.165) is 26.1 Å². The number of likely N-dealkylation sites (N-methyl/N-ethyl adjacent to an activating group) is 1. The average Bonchev–Trinajstić information content (AvgIpc) is 2.50. The second-order valence-electron chi connectivity index (χ2n) is 5.79. The van der Waals surface area contributed by atoms with Gasteiger partial charge in [-0.05, 0) is 27.3 Å². The van der Waals surface area contributed by atoms with Crippen molar-refractivity contribution >= 4 is 11.7 Å². The van der Waals surface area contributed by atoms with Gasteiger partial charge in [-0.2, -0.15) is 0 Å². The molecule has 116 valence electrons. The first-order chi connectivity index (χ1) is 10.0. The zero-order chi connectivity index (χ0) is 15.4. The molecule has 0 aromatic carbocycles. The highest BCUT2D eigenvalue weighted by atomic mass is 16.2. The van der Waals surface area contributed by atoms with Gasteiger partial charge in [0.2, 0.25) is 0 Å². The molecule has 6 heteroatoms. The van der Waals surface area contributed by atoms with Gasteiger partial charge in [-0.15, -0.1) is 0 Å². The lowest BCUT2D eigenvalue weighted by Gasteiger charge is -2.42. The summed E-state index contributed by atoms with van der Waals surface area (Å²) in [4.78, 5) is 25.2. The van der Waals surface area contributed by atoms with E-state index in [1.807, 2.05) is 4.90 Å². The molecule has 1 aliphatic heterocycles. The largest absolute Gasteiger partial charge is 0.369 e. The third-order valence-corrected chi connectivity index (χ3v) is 4.07. The van der Waals surface area contributed by atoms with Crippen LogP contribution in [0.2, 0.25) is 0 Å². The van der Waals surface area contributed by atoms with Crippen LogP contribution in [0.4, 0.5) is 5.82 Å². The van der Waals surface area contributed by atoms with E-state index in [1.54, 1.807) is 12.4 Å². The van der Waals surface area contributed by atoms with Crippen LogP contribution in [0.25, 0.3) is 0 Å². The van der Waals surface area contributed by atoms with E-state index in [1.165, 1.54) is 0 Å². The van der Waals surface area contributed by atoms with Crippen molar-refractivity contribution in [1.29, 1.82) is 0 Å². The summed E-state index contributed by atoms with van der Waals surface area (Å²) in [5, 5.41) is 3.15. The number of carbonyl (C=O) groups is 1. The fourth-order valence-corrected chi connectivity index (χ4v) is 2.52. The summed E-state index contributed by atoms with van der Waals surface area (Å²) >= 11 is 0. The minimum Gasteiger partial charge on any atom is -0.369 e. The summed E-state index contributed by atoms with van der Waals surface area (Å²) in [6.45, 7) is 8.69. The topological polar surface area (TPSA) is 61.4 Å². The lowest BCUT2D eigenvalue weighted by atomic mass is 10.1. The van der Waals surface area contributed by atoms with Crippen LogP contribution in [0.3, 0.4) is 0 Å². The number of nitrogens with zero attached hydrogens (tertiary/aromatic N) is 4. The number of carbonyl (C=O) groups excluding carboxylic acids is 1. The molecule has 1 aromatic heterocycles. The number of hydrogen-bond donors (Lipinski definition) is 1. The smallest absolute Gasteiger partial charge is 0.274 e. The number of rotatable bonds is 4. The van der Waals surface area contributed by atoms with E-state index < -0.39 is 0 Å². The number of piperazine rings is 1. The van der Waals surface area contributed by atoms with Gasteiger partial charge in [-0.25, -0.2) is 9.97 Å². The van der Waals surface area contributed by atoms with Crippen LogP contribution in [0.1, 0.15) is 37.7 Å². The Bertz CT molecular complexity index is 463. The Kier molecular flexibility index (Phi) is 5.12. The molecule has 1 fully saturated rings. The van der Waals surface area contributed by atoms with Crippen molar-refractivity contribution in [2.45, 2.75) is 39.3 Å². The number of aromatic nitrogens is 2. The van der Waals surface area contributed by atoms with Crippen LogP contribution in [0, 0.1) is 0 Å². The maximum absolute atomic E-state index is 12.5. The number of anilines is 1. The van der Waals surface area contributed by atoms with Gasteiger partial charge in [0.25, 0.3) is 5.91 Å². The van der Waals surface area contributed by atoms with Gasteiger partial charge in [-0.3, -0.25) is 9.69 Å². The van der Waals surface area contributed by atoms with Gasteiger partial charge >= 0.3 is 0 Å². The normalized spacial score (nSPS) is 23.1. The number of amides is 1. The van der Waals surface area contributed by atoms with Crippen molar-refractivity contribution in [1.82, 2.24) is 19.8 Å². The Hall–Kier alpha value is -1.69. The van der Waals surface area contributed by atoms with E-state index in [-0.39, 0.29) is 5.91 Å². The van der Waals surface area contributed by atoms with E-state index in [2.05, 4.69) is 48.0 Å².